The van der Waals surface area contributed by atoms with Gasteiger partial charge < -0.3 is 0 Å². The lowest BCUT2D eigenvalue weighted by atomic mass is 9.87. The maximum atomic E-state index is 13.0. The predicted molar refractivity (Wildman–Crippen MR) is 63.9 cm³/mol. The molecule has 0 aliphatic heterocycles. The van der Waals surface area contributed by atoms with Crippen molar-refractivity contribution in [2.45, 2.75) is 40.5 Å². The first kappa shape index (κ1) is 12.9. The Kier molecular flexibility index (Phi) is 3.84. The number of carbonyl (C=O) groups is 1. The van der Waals surface area contributed by atoms with E-state index in [2.05, 4.69) is 0 Å². The van der Waals surface area contributed by atoms with Gasteiger partial charge >= 0.3 is 0 Å². The number of hydrogen-bond donors (Lipinski definition) is 0. The summed E-state index contributed by atoms with van der Waals surface area (Å²) in [6.45, 7) is 7.51. The second-order valence-electron chi connectivity index (χ2n) is 5.26. The van der Waals surface area contributed by atoms with Gasteiger partial charge in [0, 0.05) is 11.8 Å². The van der Waals surface area contributed by atoms with Gasteiger partial charge in [-0.05, 0) is 30.5 Å². The summed E-state index contributed by atoms with van der Waals surface area (Å²) in [5, 5.41) is 0. The Labute approximate surface area is 96.7 Å². The normalized spacial score (nSPS) is 11.6. The third-order valence-corrected chi connectivity index (χ3v) is 2.70. The van der Waals surface area contributed by atoms with E-state index in [4.69, 9.17) is 0 Å². The number of ketones is 1. The molecule has 1 nitrogen and oxygen atoms in total. The fraction of sp³-hybridized carbons (Fsp3) is 0.500. The van der Waals surface area contributed by atoms with Crippen LogP contribution in [0.2, 0.25) is 0 Å². The molecule has 0 atom stereocenters. The molecule has 0 radical (unpaired) electrons. The molecule has 0 aliphatic rings. The van der Waals surface area contributed by atoms with E-state index in [1.807, 2.05) is 26.8 Å². The van der Waals surface area contributed by atoms with Gasteiger partial charge in [-0.15, -0.1) is 0 Å². The molecule has 16 heavy (non-hydrogen) atoms. The van der Waals surface area contributed by atoms with Crippen molar-refractivity contribution in [3.8, 4) is 0 Å². The van der Waals surface area contributed by atoms with E-state index in [9.17, 15) is 9.18 Å². The topological polar surface area (TPSA) is 17.1 Å². The highest BCUT2D eigenvalue weighted by molar-refractivity contribution is 5.83. The molecule has 0 amide bonds. The van der Waals surface area contributed by atoms with Gasteiger partial charge in [0.15, 0.2) is 0 Å². The van der Waals surface area contributed by atoms with Gasteiger partial charge in [0.05, 0.1) is 0 Å². The molecule has 0 fully saturated rings. The largest absolute Gasteiger partial charge is 0.299 e. The van der Waals surface area contributed by atoms with Crippen LogP contribution in [0, 0.1) is 18.2 Å². The second-order valence-corrected chi connectivity index (χ2v) is 5.26. The van der Waals surface area contributed by atoms with Crippen LogP contribution in [0.1, 0.15) is 38.3 Å². The summed E-state index contributed by atoms with van der Waals surface area (Å²) in [6.07, 6.45) is 1.21. The lowest BCUT2D eigenvalue weighted by Crippen LogP contribution is -2.20. The van der Waals surface area contributed by atoms with Crippen LogP contribution < -0.4 is 0 Å². The fourth-order valence-corrected chi connectivity index (χ4v) is 1.50. The first-order chi connectivity index (χ1) is 7.30. The highest BCUT2D eigenvalue weighted by Crippen LogP contribution is 2.19. The summed E-state index contributed by atoms with van der Waals surface area (Å²) in [4.78, 5) is 11.7. The summed E-state index contributed by atoms with van der Waals surface area (Å²) in [5.41, 5.74) is 1.38. The summed E-state index contributed by atoms with van der Waals surface area (Å²) in [5.74, 6) is 0.0559. The number of halogens is 1. The van der Waals surface area contributed by atoms with E-state index in [0.29, 0.717) is 18.4 Å². The molecular weight excluding hydrogens is 203 g/mol. The van der Waals surface area contributed by atoms with Crippen LogP contribution >= 0.6 is 0 Å². The molecule has 0 saturated heterocycles. The minimum Gasteiger partial charge on any atom is -0.299 e. The van der Waals surface area contributed by atoms with Crippen LogP contribution in [-0.4, -0.2) is 5.78 Å². The highest BCUT2D eigenvalue weighted by atomic mass is 19.1. The van der Waals surface area contributed by atoms with Gasteiger partial charge in [-0.3, -0.25) is 4.79 Å². The molecule has 1 rings (SSSR count). The number of benzene rings is 1. The highest BCUT2D eigenvalue weighted by Gasteiger charge is 2.20. The van der Waals surface area contributed by atoms with Crippen molar-refractivity contribution in [3.05, 3.63) is 35.1 Å². The van der Waals surface area contributed by atoms with E-state index < -0.39 is 0 Å². The van der Waals surface area contributed by atoms with Gasteiger partial charge in [0.1, 0.15) is 11.6 Å². The monoisotopic (exact) mass is 222 g/mol. The molecule has 0 spiro atoms. The van der Waals surface area contributed by atoms with Crippen molar-refractivity contribution in [2.24, 2.45) is 5.41 Å². The zero-order valence-corrected chi connectivity index (χ0v) is 10.4. The lowest BCUT2D eigenvalue weighted by molar-refractivity contribution is -0.126. The Morgan fingerprint density at radius 2 is 1.94 bits per heavy atom. The summed E-state index contributed by atoms with van der Waals surface area (Å²) >= 11 is 0. The zero-order chi connectivity index (χ0) is 12.3. The van der Waals surface area contributed by atoms with Crippen LogP contribution in [0.3, 0.4) is 0 Å². The Balaban J connectivity index is 2.62. The first-order valence-electron chi connectivity index (χ1n) is 5.59. The summed E-state index contributed by atoms with van der Waals surface area (Å²) in [7, 11) is 0. The smallest absolute Gasteiger partial charge is 0.138 e. The van der Waals surface area contributed by atoms with Gasteiger partial charge in [-0.2, -0.15) is 0 Å². The van der Waals surface area contributed by atoms with Gasteiger partial charge in [0.2, 0.25) is 0 Å². The van der Waals surface area contributed by atoms with Crippen molar-refractivity contribution < 1.29 is 9.18 Å². The van der Waals surface area contributed by atoms with E-state index in [0.717, 1.165) is 5.56 Å². The van der Waals surface area contributed by atoms with Gasteiger partial charge in [-0.25, -0.2) is 4.39 Å². The number of hydrogen-bond acceptors (Lipinski definition) is 1. The van der Waals surface area contributed by atoms with Crippen molar-refractivity contribution in [2.75, 3.05) is 0 Å². The average Bonchev–Trinajstić information content (AvgIpc) is 2.18. The molecule has 1 aromatic rings. The molecule has 0 heterocycles. The van der Waals surface area contributed by atoms with E-state index >= 15 is 0 Å². The Morgan fingerprint density at radius 3 is 2.44 bits per heavy atom. The quantitative estimate of drug-likeness (QED) is 0.762. The number of rotatable bonds is 3. The lowest BCUT2D eigenvalue weighted by Gasteiger charge is -2.16. The number of Topliss-reactive ketones (excluding diaryl/α,β-unsaturated/α-hetero) is 1. The van der Waals surface area contributed by atoms with Crippen molar-refractivity contribution in [1.29, 1.82) is 0 Å². The molecule has 88 valence electrons. The first-order valence-corrected chi connectivity index (χ1v) is 5.59. The van der Waals surface area contributed by atoms with E-state index in [1.165, 1.54) is 6.07 Å². The van der Waals surface area contributed by atoms with Crippen molar-refractivity contribution in [1.82, 2.24) is 0 Å². The molecule has 0 bridgehead atoms. The van der Waals surface area contributed by atoms with Crippen molar-refractivity contribution >= 4 is 5.78 Å². The summed E-state index contributed by atoms with van der Waals surface area (Å²) in [6, 6.07) is 5.02. The fourth-order valence-electron chi connectivity index (χ4n) is 1.50. The van der Waals surface area contributed by atoms with Crippen LogP contribution in [0.4, 0.5) is 4.39 Å². The Hall–Kier alpha value is -1.18. The predicted octanol–water partition coefficient (Wildman–Crippen LogP) is 3.68. The van der Waals surface area contributed by atoms with Gasteiger partial charge in [0.25, 0.3) is 0 Å². The molecule has 1 aromatic carbocycles. The minimum atomic E-state index is -0.283. The molecule has 0 N–H and O–H groups in total. The maximum Gasteiger partial charge on any atom is 0.138 e. The second kappa shape index (κ2) is 4.77. The standard InChI is InChI=1S/C14H19FO/c1-10-9-11(5-7-12(10)15)6-8-13(16)14(2,3)4/h5,7,9H,6,8H2,1-4H3. The van der Waals surface area contributed by atoms with E-state index in [-0.39, 0.29) is 17.0 Å². The zero-order valence-electron chi connectivity index (χ0n) is 10.4. The number of aryl methyl sites for hydroxylation is 2. The number of carbonyl (C=O) groups excluding carboxylic acids is 1. The molecule has 2 heteroatoms. The third kappa shape index (κ3) is 3.44. The molecule has 0 unspecified atom stereocenters. The van der Waals surface area contributed by atoms with Crippen LogP contribution in [0.25, 0.3) is 0 Å². The van der Waals surface area contributed by atoms with Gasteiger partial charge in [-0.1, -0.05) is 32.9 Å². The SMILES string of the molecule is Cc1cc(CCC(=O)C(C)(C)C)ccc1F. The molecule has 0 aromatic heterocycles. The average molecular weight is 222 g/mol. The van der Waals surface area contributed by atoms with Crippen LogP contribution in [0.5, 0.6) is 0 Å². The van der Waals surface area contributed by atoms with Crippen molar-refractivity contribution in [3.63, 3.8) is 0 Å². The third-order valence-electron chi connectivity index (χ3n) is 2.70. The minimum absolute atomic E-state index is 0.189. The van der Waals surface area contributed by atoms with Crippen LogP contribution in [0.15, 0.2) is 18.2 Å². The maximum absolute atomic E-state index is 13.0. The summed E-state index contributed by atoms with van der Waals surface area (Å²) < 4.78 is 13.0. The van der Waals surface area contributed by atoms with Crippen LogP contribution in [-0.2, 0) is 11.2 Å². The Morgan fingerprint density at radius 1 is 1.31 bits per heavy atom. The molecular formula is C14H19FO. The Bertz CT molecular complexity index is 388. The van der Waals surface area contributed by atoms with E-state index in [1.54, 1.807) is 13.0 Å². The molecule has 0 aliphatic carbocycles. The molecule has 0 saturated carbocycles.